The lowest BCUT2D eigenvalue weighted by Crippen LogP contribution is -2.26. The lowest BCUT2D eigenvalue weighted by atomic mass is 10.2. The minimum Gasteiger partial charge on any atom is -0.210 e. The van der Waals surface area contributed by atoms with Gasteiger partial charge in [0.1, 0.15) is 4.90 Å². The molecule has 2 rings (SSSR count). The molecule has 0 atom stereocenters. The predicted molar refractivity (Wildman–Crippen MR) is 89.2 cm³/mol. The van der Waals surface area contributed by atoms with Crippen molar-refractivity contribution in [2.24, 2.45) is 0 Å². The molecule has 0 bridgehead atoms. The molecular formula is C15H16ClNO2S2. The summed E-state index contributed by atoms with van der Waals surface area (Å²) in [4.78, 5) is 0.125. The molecule has 0 fully saturated rings. The summed E-state index contributed by atoms with van der Waals surface area (Å²) in [5.41, 5.74) is 1.23. The molecule has 2 aromatic carbocycles. The number of benzene rings is 2. The highest BCUT2D eigenvalue weighted by atomic mass is 35.5. The van der Waals surface area contributed by atoms with Crippen LogP contribution in [0.2, 0.25) is 5.02 Å². The van der Waals surface area contributed by atoms with E-state index in [0.29, 0.717) is 12.3 Å². The molecule has 0 heterocycles. The lowest BCUT2D eigenvalue weighted by Gasteiger charge is -2.08. The number of thioether (sulfide) groups is 1. The van der Waals surface area contributed by atoms with Gasteiger partial charge >= 0.3 is 0 Å². The number of rotatable bonds is 7. The SMILES string of the molecule is O=S(=O)(NCCSCc1ccccc1)c1ccccc1Cl. The van der Waals surface area contributed by atoms with Crippen molar-refractivity contribution in [1.29, 1.82) is 0 Å². The first-order valence-corrected chi connectivity index (χ1v) is 9.47. The van der Waals surface area contributed by atoms with Crippen LogP contribution in [0.3, 0.4) is 0 Å². The van der Waals surface area contributed by atoms with Crippen molar-refractivity contribution in [3.8, 4) is 0 Å². The second-order valence-electron chi connectivity index (χ2n) is 4.37. The molecule has 0 amide bonds. The van der Waals surface area contributed by atoms with Gasteiger partial charge in [-0.15, -0.1) is 0 Å². The standard InChI is InChI=1S/C15H16ClNO2S2/c16-14-8-4-5-9-15(14)21(18,19)17-10-11-20-12-13-6-2-1-3-7-13/h1-9,17H,10-12H2. The summed E-state index contributed by atoms with van der Waals surface area (Å²) >= 11 is 7.59. The number of hydrogen-bond acceptors (Lipinski definition) is 3. The van der Waals surface area contributed by atoms with E-state index in [2.05, 4.69) is 16.9 Å². The van der Waals surface area contributed by atoms with E-state index in [0.717, 1.165) is 5.75 Å². The molecule has 2 aromatic rings. The van der Waals surface area contributed by atoms with Gasteiger partial charge in [-0.1, -0.05) is 54.1 Å². The fraction of sp³-hybridized carbons (Fsp3) is 0.200. The van der Waals surface area contributed by atoms with E-state index in [9.17, 15) is 8.42 Å². The van der Waals surface area contributed by atoms with Crippen LogP contribution >= 0.6 is 23.4 Å². The Morgan fingerprint density at radius 1 is 1.00 bits per heavy atom. The van der Waals surface area contributed by atoms with Crippen molar-refractivity contribution in [3.63, 3.8) is 0 Å². The fourth-order valence-corrected chi connectivity index (χ4v) is 4.25. The minimum atomic E-state index is -3.53. The van der Waals surface area contributed by atoms with Crippen LogP contribution in [-0.4, -0.2) is 20.7 Å². The number of halogens is 1. The average Bonchev–Trinajstić information content (AvgIpc) is 2.48. The summed E-state index contributed by atoms with van der Waals surface area (Å²) < 4.78 is 26.7. The fourth-order valence-electron chi connectivity index (χ4n) is 1.75. The summed E-state index contributed by atoms with van der Waals surface area (Å²) in [5.74, 6) is 1.58. The maximum Gasteiger partial charge on any atom is 0.242 e. The Morgan fingerprint density at radius 2 is 1.67 bits per heavy atom. The van der Waals surface area contributed by atoms with E-state index >= 15 is 0 Å². The Morgan fingerprint density at radius 3 is 2.38 bits per heavy atom. The van der Waals surface area contributed by atoms with E-state index in [1.54, 1.807) is 30.0 Å². The molecular weight excluding hydrogens is 326 g/mol. The molecule has 3 nitrogen and oxygen atoms in total. The number of sulfonamides is 1. The molecule has 0 unspecified atom stereocenters. The van der Waals surface area contributed by atoms with E-state index in [1.165, 1.54) is 11.6 Å². The summed E-state index contributed by atoms with van der Waals surface area (Å²) in [6, 6.07) is 16.5. The maximum atomic E-state index is 12.1. The zero-order valence-corrected chi connectivity index (χ0v) is 13.7. The van der Waals surface area contributed by atoms with Crippen molar-refractivity contribution in [3.05, 3.63) is 65.2 Å². The summed E-state index contributed by atoms with van der Waals surface area (Å²) in [5, 5.41) is 0.238. The highest BCUT2D eigenvalue weighted by Gasteiger charge is 2.16. The zero-order valence-electron chi connectivity index (χ0n) is 11.3. The summed E-state index contributed by atoms with van der Waals surface area (Å²) in [6.45, 7) is 0.380. The Hall–Kier alpha value is -1.01. The molecule has 0 saturated heterocycles. The quantitative estimate of drug-likeness (QED) is 0.783. The Labute approximate surface area is 134 Å². The molecule has 0 saturated carbocycles. The highest BCUT2D eigenvalue weighted by molar-refractivity contribution is 7.98. The van der Waals surface area contributed by atoms with Crippen LogP contribution in [-0.2, 0) is 15.8 Å². The molecule has 0 aromatic heterocycles. The molecule has 112 valence electrons. The molecule has 0 radical (unpaired) electrons. The van der Waals surface area contributed by atoms with Crippen LogP contribution in [0.1, 0.15) is 5.56 Å². The zero-order chi connectivity index (χ0) is 15.1. The van der Waals surface area contributed by atoms with E-state index < -0.39 is 10.0 Å². The summed E-state index contributed by atoms with van der Waals surface area (Å²) in [6.07, 6.45) is 0. The smallest absolute Gasteiger partial charge is 0.210 e. The van der Waals surface area contributed by atoms with Crippen molar-refractivity contribution < 1.29 is 8.42 Å². The van der Waals surface area contributed by atoms with E-state index in [1.807, 2.05) is 18.2 Å². The summed E-state index contributed by atoms with van der Waals surface area (Å²) in [7, 11) is -3.53. The first-order valence-electron chi connectivity index (χ1n) is 6.45. The van der Waals surface area contributed by atoms with Crippen LogP contribution in [0, 0.1) is 0 Å². The first-order chi connectivity index (χ1) is 10.1. The number of hydrogen-bond donors (Lipinski definition) is 1. The van der Waals surface area contributed by atoms with Gasteiger partial charge in [-0.2, -0.15) is 11.8 Å². The van der Waals surface area contributed by atoms with Gasteiger partial charge in [0.05, 0.1) is 5.02 Å². The van der Waals surface area contributed by atoms with Gasteiger partial charge in [-0.3, -0.25) is 0 Å². The second-order valence-corrected chi connectivity index (χ2v) is 7.61. The molecule has 0 aliphatic rings. The molecule has 6 heteroatoms. The minimum absolute atomic E-state index is 0.125. The third-order valence-electron chi connectivity index (χ3n) is 2.78. The van der Waals surface area contributed by atoms with Crippen LogP contribution in [0.5, 0.6) is 0 Å². The van der Waals surface area contributed by atoms with Crippen molar-refractivity contribution in [2.75, 3.05) is 12.3 Å². The third kappa shape index (κ3) is 5.04. The largest absolute Gasteiger partial charge is 0.242 e. The van der Waals surface area contributed by atoms with Crippen molar-refractivity contribution in [1.82, 2.24) is 4.72 Å². The van der Waals surface area contributed by atoms with Crippen molar-refractivity contribution in [2.45, 2.75) is 10.6 Å². The molecule has 0 aliphatic heterocycles. The maximum absolute atomic E-state index is 12.1. The van der Waals surface area contributed by atoms with Gasteiger partial charge in [0.25, 0.3) is 0 Å². The molecule has 21 heavy (non-hydrogen) atoms. The van der Waals surface area contributed by atoms with E-state index in [-0.39, 0.29) is 9.92 Å². The molecule has 1 N–H and O–H groups in total. The van der Waals surface area contributed by atoms with Crippen LogP contribution in [0.4, 0.5) is 0 Å². The predicted octanol–water partition coefficient (Wildman–Crippen LogP) is 3.55. The normalized spacial score (nSPS) is 11.5. The van der Waals surface area contributed by atoms with E-state index in [4.69, 9.17) is 11.6 Å². The Kier molecular flexibility index (Phi) is 6.11. The molecule has 0 aliphatic carbocycles. The Balaban J connectivity index is 1.79. The monoisotopic (exact) mass is 341 g/mol. The van der Waals surface area contributed by atoms with Crippen molar-refractivity contribution >= 4 is 33.4 Å². The third-order valence-corrected chi connectivity index (χ3v) is 5.77. The van der Waals surface area contributed by atoms with Gasteiger partial charge in [0.15, 0.2) is 0 Å². The molecule has 0 spiro atoms. The van der Waals surface area contributed by atoms with Gasteiger partial charge < -0.3 is 0 Å². The Bertz CT molecular complexity index is 675. The van der Waals surface area contributed by atoms with Crippen LogP contribution in [0.25, 0.3) is 0 Å². The van der Waals surface area contributed by atoms with Gasteiger partial charge in [-0.25, -0.2) is 13.1 Å². The van der Waals surface area contributed by atoms with Gasteiger partial charge in [-0.05, 0) is 17.7 Å². The first kappa shape index (κ1) is 16.4. The highest BCUT2D eigenvalue weighted by Crippen LogP contribution is 2.20. The second kappa shape index (κ2) is 7.84. The topological polar surface area (TPSA) is 46.2 Å². The number of nitrogens with one attached hydrogen (secondary N) is 1. The van der Waals surface area contributed by atoms with Gasteiger partial charge in [0, 0.05) is 18.1 Å². The van der Waals surface area contributed by atoms with Gasteiger partial charge in [0.2, 0.25) is 10.0 Å². The average molecular weight is 342 g/mol. The van der Waals surface area contributed by atoms with Crippen LogP contribution in [0.15, 0.2) is 59.5 Å². The van der Waals surface area contributed by atoms with Crippen LogP contribution < -0.4 is 4.72 Å². The lowest BCUT2D eigenvalue weighted by molar-refractivity contribution is 0.584.